The minimum Gasteiger partial charge on any atom is -0.462 e. The molecule has 0 aromatic rings. The van der Waals surface area contributed by atoms with Crippen LogP contribution in [0, 0.1) is 5.92 Å². The molecular weight excluding hydrogens is 1200 g/mol. The van der Waals surface area contributed by atoms with Gasteiger partial charge >= 0.3 is 39.5 Å². The van der Waals surface area contributed by atoms with E-state index >= 15 is 0 Å². The Morgan fingerprint density at radius 1 is 0.308 bits per heavy atom. The van der Waals surface area contributed by atoms with Gasteiger partial charge < -0.3 is 33.8 Å². The van der Waals surface area contributed by atoms with E-state index in [-0.39, 0.29) is 25.7 Å². The molecule has 0 saturated carbocycles. The molecule has 6 atom stereocenters. The van der Waals surface area contributed by atoms with E-state index in [1.54, 1.807) is 0 Å². The number of aliphatic hydroxyl groups excluding tert-OH is 1. The molecule has 540 valence electrons. The van der Waals surface area contributed by atoms with Crippen LogP contribution in [-0.4, -0.2) is 96.7 Å². The molecule has 0 aromatic heterocycles. The number of phosphoric acid groups is 2. The zero-order valence-corrected chi connectivity index (χ0v) is 60.8. The second kappa shape index (κ2) is 65.4. The van der Waals surface area contributed by atoms with Crippen LogP contribution in [0.2, 0.25) is 0 Å². The van der Waals surface area contributed by atoms with E-state index in [4.69, 9.17) is 37.0 Å². The van der Waals surface area contributed by atoms with E-state index in [2.05, 4.69) is 34.6 Å². The number of unbranched alkanes of at least 4 members (excludes halogenated alkanes) is 43. The summed E-state index contributed by atoms with van der Waals surface area (Å²) in [6, 6.07) is 0. The molecule has 0 aliphatic heterocycles. The fourth-order valence-electron chi connectivity index (χ4n) is 11.0. The normalized spacial score (nSPS) is 14.3. The Hall–Kier alpha value is -1.94. The van der Waals surface area contributed by atoms with Crippen LogP contribution in [0.3, 0.4) is 0 Å². The minimum absolute atomic E-state index is 0.104. The standard InChI is InChI=1S/C72H140O17P2/c1-6-10-13-16-18-20-22-24-25-26-27-28-29-30-31-33-35-37-42-47-52-57-71(76)89-68(62-83-70(75)56-51-46-41-36-34-32-23-21-19-17-14-11-7-2)64-87-91(80,81)85-60-66(73)59-84-90(78,79)86-63-67(61-82-69(74)55-50-44-15-12-8-3)88-72(77)58-53-48-43-39-38-40-45-49-54-65(5)9-4/h65-68,73H,6-64H2,1-5H3,(H,78,79)(H,80,81)/t65?,66-,67+,68+/m0/s1. The quantitative estimate of drug-likeness (QED) is 0.0222. The smallest absolute Gasteiger partial charge is 0.462 e. The Morgan fingerprint density at radius 3 is 0.780 bits per heavy atom. The second-order valence-electron chi connectivity index (χ2n) is 26.2. The van der Waals surface area contributed by atoms with Gasteiger partial charge in [0.15, 0.2) is 12.2 Å². The van der Waals surface area contributed by atoms with Crippen molar-refractivity contribution in [1.82, 2.24) is 0 Å². The highest BCUT2D eigenvalue weighted by atomic mass is 31.2. The van der Waals surface area contributed by atoms with Crippen molar-refractivity contribution < 1.29 is 80.2 Å². The zero-order chi connectivity index (χ0) is 67.0. The average molecular weight is 1340 g/mol. The predicted molar refractivity (Wildman–Crippen MR) is 368 cm³/mol. The number of hydrogen-bond donors (Lipinski definition) is 3. The Balaban J connectivity index is 5.11. The van der Waals surface area contributed by atoms with Crippen molar-refractivity contribution in [3.63, 3.8) is 0 Å². The number of ether oxygens (including phenoxy) is 4. The van der Waals surface area contributed by atoms with Crippen LogP contribution in [0.1, 0.15) is 375 Å². The monoisotopic (exact) mass is 1340 g/mol. The van der Waals surface area contributed by atoms with Gasteiger partial charge in [-0.05, 0) is 31.6 Å². The summed E-state index contributed by atoms with van der Waals surface area (Å²) < 4.78 is 68.1. The molecule has 17 nitrogen and oxygen atoms in total. The fraction of sp³-hybridized carbons (Fsp3) is 0.944. The van der Waals surface area contributed by atoms with E-state index in [0.717, 1.165) is 102 Å². The van der Waals surface area contributed by atoms with Gasteiger partial charge in [0.1, 0.15) is 19.3 Å². The van der Waals surface area contributed by atoms with E-state index in [0.29, 0.717) is 25.7 Å². The lowest BCUT2D eigenvalue weighted by Gasteiger charge is -2.21. The third kappa shape index (κ3) is 65.1. The fourth-order valence-corrected chi connectivity index (χ4v) is 12.5. The van der Waals surface area contributed by atoms with Gasteiger partial charge in [-0.1, -0.05) is 324 Å². The summed E-state index contributed by atoms with van der Waals surface area (Å²) in [5, 5.41) is 10.6. The number of esters is 4. The lowest BCUT2D eigenvalue weighted by atomic mass is 9.99. The maximum atomic E-state index is 13.0. The zero-order valence-electron chi connectivity index (χ0n) is 59.0. The van der Waals surface area contributed by atoms with Gasteiger partial charge in [0, 0.05) is 25.7 Å². The summed E-state index contributed by atoms with van der Waals surface area (Å²) in [5.41, 5.74) is 0. The van der Waals surface area contributed by atoms with E-state index in [1.165, 1.54) is 193 Å². The highest BCUT2D eigenvalue weighted by Crippen LogP contribution is 2.45. The third-order valence-electron chi connectivity index (χ3n) is 17.1. The van der Waals surface area contributed by atoms with Crippen molar-refractivity contribution in [2.45, 2.75) is 393 Å². The minimum atomic E-state index is -4.95. The number of hydrogen-bond acceptors (Lipinski definition) is 15. The van der Waals surface area contributed by atoms with Crippen molar-refractivity contribution in [3.05, 3.63) is 0 Å². The van der Waals surface area contributed by atoms with Crippen LogP contribution in [0.5, 0.6) is 0 Å². The molecule has 0 spiro atoms. The molecule has 0 radical (unpaired) electrons. The van der Waals surface area contributed by atoms with Crippen molar-refractivity contribution in [2.24, 2.45) is 5.92 Å². The topological polar surface area (TPSA) is 237 Å². The molecule has 3 N–H and O–H groups in total. The Kier molecular flexibility index (Phi) is 64.0. The van der Waals surface area contributed by atoms with Crippen LogP contribution in [-0.2, 0) is 65.4 Å². The first-order chi connectivity index (χ1) is 44.1. The molecule has 0 bridgehead atoms. The number of carbonyl (C=O) groups excluding carboxylic acids is 4. The lowest BCUT2D eigenvalue weighted by molar-refractivity contribution is -0.161. The number of rotatable bonds is 72. The molecule has 0 rings (SSSR count). The molecule has 91 heavy (non-hydrogen) atoms. The first-order valence-corrected chi connectivity index (χ1v) is 40.7. The third-order valence-corrected chi connectivity index (χ3v) is 19.0. The van der Waals surface area contributed by atoms with Crippen molar-refractivity contribution >= 4 is 39.5 Å². The summed E-state index contributed by atoms with van der Waals surface area (Å²) in [6.45, 7) is 7.16. The average Bonchev–Trinajstić information content (AvgIpc) is 3.53. The van der Waals surface area contributed by atoms with Gasteiger partial charge in [-0.2, -0.15) is 0 Å². The maximum Gasteiger partial charge on any atom is 0.472 e. The Bertz CT molecular complexity index is 1760. The number of aliphatic hydroxyl groups is 1. The lowest BCUT2D eigenvalue weighted by Crippen LogP contribution is -2.30. The molecular formula is C72H140O17P2. The van der Waals surface area contributed by atoms with E-state index < -0.39 is 97.5 Å². The summed E-state index contributed by atoms with van der Waals surface area (Å²) >= 11 is 0. The highest BCUT2D eigenvalue weighted by molar-refractivity contribution is 7.47. The summed E-state index contributed by atoms with van der Waals surface area (Å²) in [4.78, 5) is 72.3. The van der Waals surface area contributed by atoms with E-state index in [1.807, 2.05) is 0 Å². The van der Waals surface area contributed by atoms with Crippen molar-refractivity contribution in [1.29, 1.82) is 0 Å². The van der Waals surface area contributed by atoms with Gasteiger partial charge in [0.25, 0.3) is 0 Å². The highest BCUT2D eigenvalue weighted by Gasteiger charge is 2.30. The first-order valence-electron chi connectivity index (χ1n) is 37.7. The maximum absolute atomic E-state index is 13.0. The molecule has 0 aliphatic carbocycles. The van der Waals surface area contributed by atoms with Gasteiger partial charge in [-0.25, -0.2) is 9.13 Å². The van der Waals surface area contributed by atoms with Gasteiger partial charge in [-0.3, -0.25) is 37.3 Å². The van der Waals surface area contributed by atoms with E-state index in [9.17, 15) is 43.2 Å². The molecule has 3 unspecified atom stereocenters. The number of phosphoric ester groups is 2. The Morgan fingerprint density at radius 2 is 0.527 bits per heavy atom. The second-order valence-corrected chi connectivity index (χ2v) is 29.1. The molecule has 0 fully saturated rings. The molecule has 0 saturated heterocycles. The summed E-state index contributed by atoms with van der Waals surface area (Å²) in [7, 11) is -9.89. The van der Waals surface area contributed by atoms with Crippen LogP contribution in [0.4, 0.5) is 0 Å². The molecule has 0 aliphatic rings. The summed E-state index contributed by atoms with van der Waals surface area (Å²) in [5.74, 6) is -1.36. The van der Waals surface area contributed by atoms with Crippen LogP contribution in [0.25, 0.3) is 0 Å². The largest absolute Gasteiger partial charge is 0.472 e. The summed E-state index contributed by atoms with van der Waals surface area (Å²) in [6.07, 6.45) is 53.2. The van der Waals surface area contributed by atoms with Crippen molar-refractivity contribution in [2.75, 3.05) is 39.6 Å². The van der Waals surface area contributed by atoms with Gasteiger partial charge in [-0.15, -0.1) is 0 Å². The van der Waals surface area contributed by atoms with Gasteiger partial charge in [0.05, 0.1) is 26.4 Å². The van der Waals surface area contributed by atoms with Crippen LogP contribution < -0.4 is 0 Å². The molecule has 0 amide bonds. The molecule has 0 aromatic carbocycles. The SMILES string of the molecule is CCCCCCCCCCCCCCCCCCCCCCCC(=O)O[C@H](COC(=O)CCCCCCCCCCCCCCC)COP(=O)(O)OC[C@@H](O)COP(=O)(O)OC[C@@H](COC(=O)CCCCCCC)OC(=O)CCCCCCCCCCC(C)CC. The predicted octanol–water partition coefficient (Wildman–Crippen LogP) is 20.9. The molecule has 0 heterocycles. The van der Waals surface area contributed by atoms with Gasteiger partial charge in [0.2, 0.25) is 0 Å². The first kappa shape index (κ1) is 89.1. The Labute approximate surface area is 556 Å². The molecule has 19 heteroatoms. The number of carbonyl (C=O) groups is 4. The van der Waals surface area contributed by atoms with Crippen LogP contribution in [0.15, 0.2) is 0 Å². The van der Waals surface area contributed by atoms with Crippen LogP contribution >= 0.6 is 15.6 Å². The van der Waals surface area contributed by atoms with Crippen molar-refractivity contribution in [3.8, 4) is 0 Å².